The molecule has 0 saturated carbocycles. The Morgan fingerprint density at radius 2 is 2.26 bits per heavy atom. The smallest absolute Gasteiger partial charge is 0.224 e. The summed E-state index contributed by atoms with van der Waals surface area (Å²) in [5, 5.41) is 4.24. The number of hydrogen-bond acceptors (Lipinski definition) is 4. The van der Waals surface area contributed by atoms with Gasteiger partial charge in [0.15, 0.2) is 5.13 Å². The summed E-state index contributed by atoms with van der Waals surface area (Å²) < 4.78 is 1.23. The van der Waals surface area contributed by atoms with Crippen molar-refractivity contribution >= 4 is 32.6 Å². The Kier molecular flexibility index (Phi) is 5.77. The molecule has 5 heteroatoms. The average Bonchev–Trinajstić information content (AvgIpc) is 3.12. The number of allylic oxidation sites excluding steroid dienone is 1. The van der Waals surface area contributed by atoms with E-state index in [1.54, 1.807) is 11.3 Å². The second kappa shape index (κ2) is 8.42. The Balaban J connectivity index is 1.34. The van der Waals surface area contributed by atoms with E-state index in [2.05, 4.69) is 41.4 Å². The van der Waals surface area contributed by atoms with Crippen LogP contribution in [-0.4, -0.2) is 30.5 Å². The van der Waals surface area contributed by atoms with E-state index < -0.39 is 0 Å². The van der Waals surface area contributed by atoms with Crippen molar-refractivity contribution in [2.75, 3.05) is 24.5 Å². The fraction of sp³-hybridized carbons (Fsp3) is 0.545. The van der Waals surface area contributed by atoms with Gasteiger partial charge in [0.05, 0.1) is 16.1 Å². The molecular weight excluding hydrogens is 354 g/mol. The predicted octanol–water partition coefficient (Wildman–Crippen LogP) is 4.83. The molecule has 1 unspecified atom stereocenters. The Morgan fingerprint density at radius 3 is 3.11 bits per heavy atom. The third-order valence-corrected chi connectivity index (χ3v) is 6.80. The number of benzene rings is 1. The van der Waals surface area contributed by atoms with Gasteiger partial charge in [-0.1, -0.05) is 29.1 Å². The molecule has 2 aliphatic rings. The van der Waals surface area contributed by atoms with Gasteiger partial charge in [0.25, 0.3) is 0 Å². The summed E-state index contributed by atoms with van der Waals surface area (Å²) in [4.78, 5) is 19.8. The number of thiazole rings is 1. The standard InChI is InChI=1S/C22H29N3OS/c1-16-9-10-19-20(14-16)27-22(24-19)25-13-5-8-18(15-25)21(26)23-12-11-17-6-3-2-4-7-17/h6,9-10,14,18H,2-5,7-8,11-13,15H2,1H3,(H,23,26). The fourth-order valence-electron chi connectivity index (χ4n) is 4.14. The van der Waals surface area contributed by atoms with Gasteiger partial charge in [0, 0.05) is 19.6 Å². The number of aromatic nitrogens is 1. The van der Waals surface area contributed by atoms with Crippen molar-refractivity contribution in [3.63, 3.8) is 0 Å². The maximum atomic E-state index is 12.7. The summed E-state index contributed by atoms with van der Waals surface area (Å²) in [5.74, 6) is 0.292. The zero-order valence-corrected chi connectivity index (χ0v) is 17.0. The van der Waals surface area contributed by atoms with Crippen LogP contribution < -0.4 is 10.2 Å². The number of hydrogen-bond donors (Lipinski definition) is 1. The Morgan fingerprint density at radius 1 is 1.33 bits per heavy atom. The predicted molar refractivity (Wildman–Crippen MR) is 113 cm³/mol. The van der Waals surface area contributed by atoms with Gasteiger partial charge in [-0.2, -0.15) is 0 Å². The van der Waals surface area contributed by atoms with Crippen LogP contribution in [0.5, 0.6) is 0 Å². The second-order valence-corrected chi connectivity index (χ2v) is 8.91. The molecule has 1 saturated heterocycles. The molecule has 1 aromatic carbocycles. The Hall–Kier alpha value is -1.88. The van der Waals surface area contributed by atoms with Gasteiger partial charge >= 0.3 is 0 Å². The van der Waals surface area contributed by atoms with E-state index in [4.69, 9.17) is 4.98 Å². The van der Waals surface area contributed by atoms with Crippen LogP contribution >= 0.6 is 11.3 Å². The second-order valence-electron chi connectivity index (χ2n) is 7.90. The van der Waals surface area contributed by atoms with Crippen LogP contribution in [0.3, 0.4) is 0 Å². The normalized spacial score (nSPS) is 20.6. The monoisotopic (exact) mass is 383 g/mol. The first-order valence-corrected chi connectivity index (χ1v) is 11.1. The topological polar surface area (TPSA) is 45.2 Å². The van der Waals surface area contributed by atoms with Crippen LogP contribution in [0.15, 0.2) is 29.8 Å². The van der Waals surface area contributed by atoms with E-state index in [9.17, 15) is 4.79 Å². The molecule has 1 fully saturated rings. The number of nitrogens with zero attached hydrogens (tertiary/aromatic N) is 2. The van der Waals surface area contributed by atoms with Gasteiger partial charge in [0.2, 0.25) is 5.91 Å². The molecule has 27 heavy (non-hydrogen) atoms. The quantitative estimate of drug-likeness (QED) is 0.752. The van der Waals surface area contributed by atoms with Crippen molar-refractivity contribution in [1.82, 2.24) is 10.3 Å². The van der Waals surface area contributed by atoms with Crippen molar-refractivity contribution < 1.29 is 4.79 Å². The number of fused-ring (bicyclic) bond motifs is 1. The molecule has 1 aromatic heterocycles. The summed E-state index contributed by atoms with van der Waals surface area (Å²) in [6, 6.07) is 6.41. The average molecular weight is 384 g/mol. The lowest BCUT2D eigenvalue weighted by molar-refractivity contribution is -0.125. The molecule has 0 spiro atoms. The van der Waals surface area contributed by atoms with Gasteiger partial charge in [-0.05, 0) is 69.6 Å². The first-order chi connectivity index (χ1) is 13.2. The number of carbonyl (C=O) groups is 1. The lowest BCUT2D eigenvalue weighted by Gasteiger charge is -2.31. The molecule has 2 aromatic rings. The van der Waals surface area contributed by atoms with Crippen molar-refractivity contribution in [3.8, 4) is 0 Å². The van der Waals surface area contributed by atoms with Gasteiger partial charge in [-0.15, -0.1) is 0 Å². The van der Waals surface area contributed by atoms with Crippen LogP contribution in [0.2, 0.25) is 0 Å². The highest BCUT2D eigenvalue weighted by Gasteiger charge is 2.27. The summed E-state index contributed by atoms with van der Waals surface area (Å²) >= 11 is 1.74. The van der Waals surface area contributed by atoms with Crippen molar-refractivity contribution in [3.05, 3.63) is 35.4 Å². The van der Waals surface area contributed by atoms with E-state index in [0.717, 1.165) is 49.5 Å². The van der Waals surface area contributed by atoms with Crippen LogP contribution in [0.4, 0.5) is 5.13 Å². The molecule has 2 heterocycles. The van der Waals surface area contributed by atoms with E-state index in [1.807, 2.05) is 0 Å². The zero-order chi connectivity index (χ0) is 18.6. The maximum absolute atomic E-state index is 12.7. The Bertz CT molecular complexity index is 841. The number of anilines is 1. The minimum absolute atomic E-state index is 0.0767. The van der Waals surface area contributed by atoms with E-state index in [-0.39, 0.29) is 11.8 Å². The summed E-state index contributed by atoms with van der Waals surface area (Å²) in [6.07, 6.45) is 10.5. The molecule has 144 valence electrons. The van der Waals surface area contributed by atoms with Crippen molar-refractivity contribution in [2.45, 2.75) is 51.9 Å². The summed E-state index contributed by atoms with van der Waals surface area (Å²) in [6.45, 7) is 4.67. The summed E-state index contributed by atoms with van der Waals surface area (Å²) in [5.41, 5.74) is 3.85. The van der Waals surface area contributed by atoms with Gasteiger partial charge < -0.3 is 10.2 Å². The van der Waals surface area contributed by atoms with Crippen LogP contribution in [0.1, 0.15) is 50.5 Å². The molecule has 1 aliphatic heterocycles. The first-order valence-electron chi connectivity index (χ1n) is 10.3. The highest BCUT2D eigenvalue weighted by molar-refractivity contribution is 7.22. The highest BCUT2D eigenvalue weighted by atomic mass is 32.1. The molecule has 4 rings (SSSR count). The number of carbonyl (C=O) groups excluding carboxylic acids is 1. The van der Waals surface area contributed by atoms with Gasteiger partial charge in [0.1, 0.15) is 0 Å². The first kappa shape index (κ1) is 18.5. The third kappa shape index (κ3) is 4.52. The molecule has 1 atom stereocenters. The lowest BCUT2D eigenvalue weighted by atomic mass is 9.96. The molecule has 0 bridgehead atoms. The Labute approximate surface area is 165 Å². The SMILES string of the molecule is Cc1ccc2nc(N3CCCC(C(=O)NCCC4=CCCCC4)C3)sc2c1. The number of rotatable bonds is 5. The van der Waals surface area contributed by atoms with Crippen LogP contribution in [-0.2, 0) is 4.79 Å². The molecule has 1 aliphatic carbocycles. The fourth-order valence-corrected chi connectivity index (χ4v) is 5.24. The minimum atomic E-state index is 0.0767. The van der Waals surface area contributed by atoms with Crippen molar-refractivity contribution in [1.29, 1.82) is 0 Å². The molecule has 0 radical (unpaired) electrons. The molecule has 1 amide bonds. The van der Waals surface area contributed by atoms with E-state index in [0.29, 0.717) is 0 Å². The number of piperidine rings is 1. The molecule has 1 N–H and O–H groups in total. The zero-order valence-electron chi connectivity index (χ0n) is 16.2. The highest BCUT2D eigenvalue weighted by Crippen LogP contribution is 2.32. The van der Waals surface area contributed by atoms with Crippen LogP contribution in [0.25, 0.3) is 10.2 Å². The number of aryl methyl sites for hydroxylation is 1. The third-order valence-electron chi connectivity index (χ3n) is 5.73. The number of nitrogens with one attached hydrogen (secondary N) is 1. The number of amides is 1. The van der Waals surface area contributed by atoms with E-state index in [1.165, 1.54) is 41.5 Å². The molecule has 4 nitrogen and oxygen atoms in total. The largest absolute Gasteiger partial charge is 0.355 e. The molecular formula is C22H29N3OS. The van der Waals surface area contributed by atoms with Gasteiger partial charge in [-0.25, -0.2) is 4.98 Å². The van der Waals surface area contributed by atoms with Gasteiger partial charge in [-0.3, -0.25) is 4.79 Å². The van der Waals surface area contributed by atoms with Crippen LogP contribution in [0, 0.1) is 12.8 Å². The summed E-state index contributed by atoms with van der Waals surface area (Å²) in [7, 11) is 0. The van der Waals surface area contributed by atoms with E-state index >= 15 is 0 Å². The maximum Gasteiger partial charge on any atom is 0.224 e. The lowest BCUT2D eigenvalue weighted by Crippen LogP contribution is -2.43. The minimum Gasteiger partial charge on any atom is -0.355 e. The van der Waals surface area contributed by atoms with Crippen molar-refractivity contribution in [2.24, 2.45) is 5.92 Å².